The van der Waals surface area contributed by atoms with E-state index in [1.165, 1.54) is 43.3 Å². The van der Waals surface area contributed by atoms with Gasteiger partial charge in [0.2, 0.25) is 5.91 Å². The molecule has 31 heavy (non-hydrogen) atoms. The highest BCUT2D eigenvalue weighted by Gasteiger charge is 2.27. The highest BCUT2D eigenvalue weighted by Crippen LogP contribution is 2.28. The molecule has 0 spiro atoms. The molecule has 0 atom stereocenters. The molecule has 160 valence electrons. The Labute approximate surface area is 179 Å². The number of carboxylic acid groups (broad SMARTS) is 1. The van der Waals surface area contributed by atoms with Crippen molar-refractivity contribution in [2.45, 2.75) is 11.8 Å². The molecule has 9 heteroatoms. The second-order valence-electron chi connectivity index (χ2n) is 6.52. The summed E-state index contributed by atoms with van der Waals surface area (Å²) >= 11 is 0. The largest absolute Gasteiger partial charge is 0.480 e. The number of hydrogen-bond donors (Lipinski definition) is 2. The lowest BCUT2D eigenvalue weighted by molar-refractivity contribution is -0.135. The number of nitrogens with zero attached hydrogens (tertiary/aromatic N) is 1. The highest BCUT2D eigenvalue weighted by molar-refractivity contribution is 7.92. The minimum absolute atomic E-state index is 0.104. The van der Waals surface area contributed by atoms with Crippen molar-refractivity contribution < 1.29 is 27.9 Å². The molecule has 3 aromatic rings. The standard InChI is InChI=1S/C22H20N2O6S/c1-16(25)23-17-7-13-21(14-8-17)31(28,29)24(15-22(26)27)18-9-11-20(12-10-18)30-19-5-3-2-4-6-19/h2-14H,15H2,1H3,(H,23,25)(H,26,27). The van der Waals surface area contributed by atoms with Crippen LogP contribution >= 0.6 is 0 Å². The van der Waals surface area contributed by atoms with Crippen LogP contribution in [0.2, 0.25) is 0 Å². The zero-order valence-corrected chi connectivity index (χ0v) is 17.4. The number of carbonyl (C=O) groups is 2. The Kier molecular flexibility index (Phi) is 6.56. The van der Waals surface area contributed by atoms with Crippen molar-refractivity contribution in [1.82, 2.24) is 0 Å². The lowest BCUT2D eigenvalue weighted by Gasteiger charge is -2.23. The number of carboxylic acids is 1. The number of anilines is 2. The quantitative estimate of drug-likeness (QED) is 0.552. The fourth-order valence-corrected chi connectivity index (χ4v) is 4.20. The third kappa shape index (κ3) is 5.61. The van der Waals surface area contributed by atoms with Gasteiger partial charge >= 0.3 is 5.97 Å². The van der Waals surface area contributed by atoms with E-state index in [0.29, 0.717) is 17.2 Å². The van der Waals surface area contributed by atoms with Gasteiger partial charge in [-0.15, -0.1) is 0 Å². The molecule has 0 aromatic heterocycles. The van der Waals surface area contributed by atoms with Crippen LogP contribution in [0.25, 0.3) is 0 Å². The van der Waals surface area contributed by atoms with Crippen molar-refractivity contribution in [3.8, 4) is 11.5 Å². The molecule has 0 heterocycles. The molecule has 3 aromatic carbocycles. The molecular weight excluding hydrogens is 420 g/mol. The van der Waals surface area contributed by atoms with Crippen LogP contribution < -0.4 is 14.4 Å². The van der Waals surface area contributed by atoms with E-state index in [9.17, 15) is 23.1 Å². The van der Waals surface area contributed by atoms with Gasteiger partial charge in [-0.2, -0.15) is 0 Å². The number of amides is 1. The van der Waals surface area contributed by atoms with Gasteiger partial charge in [-0.3, -0.25) is 13.9 Å². The minimum Gasteiger partial charge on any atom is -0.480 e. The van der Waals surface area contributed by atoms with Crippen LogP contribution in [0.5, 0.6) is 11.5 Å². The van der Waals surface area contributed by atoms with Gasteiger partial charge in [0.1, 0.15) is 18.0 Å². The zero-order valence-electron chi connectivity index (χ0n) is 16.6. The molecule has 1 amide bonds. The van der Waals surface area contributed by atoms with Crippen molar-refractivity contribution in [3.63, 3.8) is 0 Å². The summed E-state index contributed by atoms with van der Waals surface area (Å²) in [6.07, 6.45) is 0. The van der Waals surface area contributed by atoms with E-state index in [4.69, 9.17) is 4.74 Å². The summed E-state index contributed by atoms with van der Waals surface area (Å²) in [5.74, 6) is -0.504. The molecule has 3 rings (SSSR count). The number of ether oxygens (including phenoxy) is 1. The first-order valence-corrected chi connectivity index (χ1v) is 10.6. The molecule has 0 bridgehead atoms. The van der Waals surface area contributed by atoms with Gasteiger partial charge in [0, 0.05) is 12.6 Å². The number of carbonyl (C=O) groups excluding carboxylic acids is 1. The van der Waals surface area contributed by atoms with Gasteiger partial charge in [0.15, 0.2) is 0 Å². The van der Waals surface area contributed by atoms with Crippen LogP contribution in [0.3, 0.4) is 0 Å². The molecule has 0 aliphatic rings. The van der Waals surface area contributed by atoms with E-state index in [1.54, 1.807) is 24.3 Å². The highest BCUT2D eigenvalue weighted by atomic mass is 32.2. The van der Waals surface area contributed by atoms with Gasteiger partial charge in [-0.25, -0.2) is 8.42 Å². The van der Waals surface area contributed by atoms with Crippen LogP contribution in [-0.2, 0) is 19.6 Å². The molecule has 0 aliphatic heterocycles. The summed E-state index contributed by atoms with van der Waals surface area (Å²) in [7, 11) is -4.17. The molecule has 2 N–H and O–H groups in total. The van der Waals surface area contributed by atoms with Crippen LogP contribution in [-0.4, -0.2) is 31.9 Å². The molecule has 0 aliphatic carbocycles. The summed E-state index contributed by atoms with van der Waals surface area (Å²) in [6, 6.07) is 20.6. The SMILES string of the molecule is CC(=O)Nc1ccc(S(=O)(=O)N(CC(=O)O)c2ccc(Oc3ccccc3)cc2)cc1. The van der Waals surface area contributed by atoms with E-state index in [0.717, 1.165) is 4.31 Å². The predicted octanol–water partition coefficient (Wildman–Crippen LogP) is 3.72. The van der Waals surface area contributed by atoms with Gasteiger partial charge in [0.05, 0.1) is 10.6 Å². The molecular formula is C22H20N2O6S. The van der Waals surface area contributed by atoms with E-state index in [2.05, 4.69) is 5.32 Å². The maximum atomic E-state index is 13.1. The van der Waals surface area contributed by atoms with Crippen LogP contribution in [0.1, 0.15) is 6.92 Å². The Bertz CT molecular complexity index is 1160. The van der Waals surface area contributed by atoms with Crippen LogP contribution in [0.4, 0.5) is 11.4 Å². The molecule has 8 nitrogen and oxygen atoms in total. The summed E-state index contributed by atoms with van der Waals surface area (Å²) < 4.78 is 32.7. The van der Waals surface area contributed by atoms with E-state index in [-0.39, 0.29) is 16.5 Å². The number of aliphatic carboxylic acids is 1. The first kappa shape index (κ1) is 21.8. The van der Waals surface area contributed by atoms with E-state index in [1.807, 2.05) is 18.2 Å². The third-order valence-electron chi connectivity index (χ3n) is 4.15. The van der Waals surface area contributed by atoms with Gasteiger partial charge < -0.3 is 15.2 Å². The van der Waals surface area contributed by atoms with E-state index >= 15 is 0 Å². The fraction of sp³-hybridized carbons (Fsp3) is 0.0909. The number of para-hydroxylation sites is 1. The lowest BCUT2D eigenvalue weighted by Crippen LogP contribution is -2.35. The average molecular weight is 440 g/mol. The number of benzene rings is 3. The van der Waals surface area contributed by atoms with Crippen molar-refractivity contribution in [1.29, 1.82) is 0 Å². The molecule has 0 radical (unpaired) electrons. The van der Waals surface area contributed by atoms with Crippen LogP contribution in [0, 0.1) is 0 Å². The Morgan fingerprint density at radius 1 is 0.903 bits per heavy atom. The minimum atomic E-state index is -4.17. The van der Waals surface area contributed by atoms with Crippen LogP contribution in [0.15, 0.2) is 83.8 Å². The third-order valence-corrected chi connectivity index (χ3v) is 5.93. The summed E-state index contributed by atoms with van der Waals surface area (Å²) in [5.41, 5.74) is 0.604. The summed E-state index contributed by atoms with van der Waals surface area (Å²) in [6.45, 7) is 0.582. The Morgan fingerprint density at radius 3 is 2.03 bits per heavy atom. The number of rotatable bonds is 8. The predicted molar refractivity (Wildman–Crippen MR) is 116 cm³/mol. The van der Waals surface area contributed by atoms with Crippen molar-refractivity contribution in [2.24, 2.45) is 0 Å². The van der Waals surface area contributed by atoms with Gasteiger partial charge in [0.25, 0.3) is 10.0 Å². The maximum Gasteiger partial charge on any atom is 0.324 e. The monoisotopic (exact) mass is 440 g/mol. The molecule has 0 fully saturated rings. The Balaban J connectivity index is 1.88. The first-order chi connectivity index (χ1) is 14.8. The molecule has 0 saturated heterocycles. The second kappa shape index (κ2) is 9.31. The Hall–Kier alpha value is -3.85. The second-order valence-corrected chi connectivity index (χ2v) is 8.38. The summed E-state index contributed by atoms with van der Waals surface area (Å²) in [5, 5.41) is 11.8. The number of nitrogens with one attached hydrogen (secondary N) is 1. The summed E-state index contributed by atoms with van der Waals surface area (Å²) in [4.78, 5) is 22.4. The fourth-order valence-electron chi connectivity index (χ4n) is 2.78. The van der Waals surface area contributed by atoms with Gasteiger partial charge in [-0.05, 0) is 60.7 Å². The number of sulfonamides is 1. The molecule has 0 saturated carbocycles. The normalized spacial score (nSPS) is 10.9. The van der Waals surface area contributed by atoms with E-state index < -0.39 is 22.5 Å². The average Bonchev–Trinajstić information content (AvgIpc) is 2.73. The lowest BCUT2D eigenvalue weighted by atomic mass is 10.3. The topological polar surface area (TPSA) is 113 Å². The smallest absolute Gasteiger partial charge is 0.324 e. The van der Waals surface area contributed by atoms with Crippen molar-refractivity contribution >= 4 is 33.3 Å². The van der Waals surface area contributed by atoms with Gasteiger partial charge in [-0.1, -0.05) is 18.2 Å². The zero-order chi connectivity index (χ0) is 22.4. The maximum absolute atomic E-state index is 13.1. The Morgan fingerprint density at radius 2 is 1.48 bits per heavy atom. The molecule has 0 unspecified atom stereocenters. The number of hydrogen-bond acceptors (Lipinski definition) is 5. The van der Waals surface area contributed by atoms with Crippen molar-refractivity contribution in [3.05, 3.63) is 78.9 Å². The van der Waals surface area contributed by atoms with Crippen molar-refractivity contribution in [2.75, 3.05) is 16.2 Å². The first-order valence-electron chi connectivity index (χ1n) is 9.21.